The first-order valence-electron chi connectivity index (χ1n) is 7.48. The highest BCUT2D eigenvalue weighted by Gasteiger charge is 2.15. The Hall–Kier alpha value is -2.82. The quantitative estimate of drug-likeness (QED) is 0.785. The number of carboxylic acid groups (broad SMARTS) is 1. The molecule has 3 aromatic rings. The molecular weight excluding hydrogens is 292 g/mol. The van der Waals surface area contributed by atoms with Crippen molar-refractivity contribution in [2.24, 2.45) is 0 Å². The van der Waals surface area contributed by atoms with E-state index in [9.17, 15) is 4.79 Å². The average molecular weight is 310 g/mol. The Labute approximate surface area is 134 Å². The molecule has 0 aliphatic rings. The van der Waals surface area contributed by atoms with Gasteiger partial charge in [-0.2, -0.15) is 0 Å². The average Bonchev–Trinajstić information content (AvgIpc) is 2.91. The van der Waals surface area contributed by atoms with E-state index in [1.807, 2.05) is 42.5 Å². The van der Waals surface area contributed by atoms with E-state index in [0.717, 1.165) is 40.3 Å². The van der Waals surface area contributed by atoms with Gasteiger partial charge < -0.3 is 14.4 Å². The number of fused-ring (bicyclic) bond motifs is 1. The summed E-state index contributed by atoms with van der Waals surface area (Å²) in [5.74, 6) is 0.750. The third kappa shape index (κ3) is 2.77. The predicted molar refractivity (Wildman–Crippen MR) is 88.7 cm³/mol. The van der Waals surface area contributed by atoms with E-state index in [4.69, 9.17) is 14.8 Å². The van der Waals surface area contributed by atoms with Crippen molar-refractivity contribution in [2.75, 3.05) is 7.11 Å². The van der Waals surface area contributed by atoms with Crippen molar-refractivity contribution in [3.63, 3.8) is 0 Å². The Morgan fingerprint density at radius 1 is 1.26 bits per heavy atom. The Kier molecular flexibility index (Phi) is 4.02. The predicted octanol–water partition coefficient (Wildman–Crippen LogP) is 3.36. The van der Waals surface area contributed by atoms with E-state index >= 15 is 0 Å². The molecule has 0 aliphatic heterocycles. The molecule has 1 heterocycles. The minimum absolute atomic E-state index is 0.00107. The lowest BCUT2D eigenvalue weighted by Gasteiger charge is -2.10. The zero-order valence-corrected chi connectivity index (χ0v) is 13.1. The third-order valence-corrected chi connectivity index (χ3v) is 3.83. The van der Waals surface area contributed by atoms with Crippen LogP contribution in [0.5, 0.6) is 5.75 Å². The van der Waals surface area contributed by atoms with Gasteiger partial charge in [0.05, 0.1) is 30.1 Å². The van der Waals surface area contributed by atoms with Gasteiger partial charge in [0.25, 0.3) is 0 Å². The molecular formula is C18H18N2O3. The largest absolute Gasteiger partial charge is 0.496 e. The number of para-hydroxylation sites is 1. The number of aromatic nitrogens is 2. The number of benzene rings is 2. The number of rotatable bonds is 5. The highest BCUT2D eigenvalue weighted by Crippen LogP contribution is 2.32. The first-order chi connectivity index (χ1) is 11.1. The van der Waals surface area contributed by atoms with Crippen LogP contribution in [0.3, 0.4) is 0 Å². The van der Waals surface area contributed by atoms with Crippen molar-refractivity contribution in [1.82, 2.24) is 9.55 Å². The van der Waals surface area contributed by atoms with E-state index in [1.54, 1.807) is 7.11 Å². The van der Waals surface area contributed by atoms with Crippen molar-refractivity contribution >= 4 is 17.0 Å². The molecule has 0 aliphatic carbocycles. The second kappa shape index (κ2) is 6.12. The number of carboxylic acids is 1. The number of methoxy groups -OCH3 is 1. The normalized spacial score (nSPS) is 10.9. The molecule has 0 atom stereocenters. The minimum Gasteiger partial charge on any atom is -0.496 e. The maximum Gasteiger partial charge on any atom is 0.307 e. The molecule has 0 saturated carbocycles. The van der Waals surface area contributed by atoms with Gasteiger partial charge in [0.2, 0.25) is 0 Å². The van der Waals surface area contributed by atoms with Crippen LogP contribution in [-0.4, -0.2) is 27.7 Å². The summed E-state index contributed by atoms with van der Waals surface area (Å²) in [4.78, 5) is 15.6. The van der Waals surface area contributed by atoms with Gasteiger partial charge in [-0.3, -0.25) is 4.79 Å². The highest BCUT2D eigenvalue weighted by molar-refractivity contribution is 5.83. The summed E-state index contributed by atoms with van der Waals surface area (Å²) in [7, 11) is 1.64. The zero-order valence-electron chi connectivity index (χ0n) is 13.1. The number of aryl methyl sites for hydroxylation is 1. The van der Waals surface area contributed by atoms with Crippen LogP contribution in [0.4, 0.5) is 0 Å². The lowest BCUT2D eigenvalue weighted by atomic mass is 10.1. The molecule has 0 radical (unpaired) electrons. The lowest BCUT2D eigenvalue weighted by molar-refractivity contribution is -0.136. The van der Waals surface area contributed by atoms with Crippen molar-refractivity contribution in [2.45, 2.75) is 19.9 Å². The molecule has 5 heteroatoms. The summed E-state index contributed by atoms with van der Waals surface area (Å²) in [6.07, 6.45) is -0.00107. The lowest BCUT2D eigenvalue weighted by Crippen LogP contribution is -2.00. The van der Waals surface area contributed by atoms with Gasteiger partial charge in [0, 0.05) is 6.54 Å². The van der Waals surface area contributed by atoms with Crippen molar-refractivity contribution in [1.29, 1.82) is 0 Å². The molecule has 0 fully saturated rings. The van der Waals surface area contributed by atoms with Crippen molar-refractivity contribution < 1.29 is 14.6 Å². The summed E-state index contributed by atoms with van der Waals surface area (Å²) in [6, 6.07) is 13.4. The molecule has 1 N–H and O–H groups in total. The van der Waals surface area contributed by atoms with Crippen LogP contribution in [0.2, 0.25) is 0 Å². The topological polar surface area (TPSA) is 64.4 Å². The Balaban J connectivity index is 2.19. The third-order valence-electron chi connectivity index (χ3n) is 3.83. The summed E-state index contributed by atoms with van der Waals surface area (Å²) in [6.45, 7) is 2.83. The molecule has 118 valence electrons. The Morgan fingerprint density at radius 2 is 2.04 bits per heavy atom. The van der Waals surface area contributed by atoms with Crippen LogP contribution in [-0.2, 0) is 17.8 Å². The summed E-state index contributed by atoms with van der Waals surface area (Å²) in [5.41, 5.74) is 3.46. The van der Waals surface area contributed by atoms with Crippen LogP contribution >= 0.6 is 0 Å². The van der Waals surface area contributed by atoms with Gasteiger partial charge >= 0.3 is 5.97 Å². The van der Waals surface area contributed by atoms with E-state index < -0.39 is 5.97 Å². The molecule has 0 spiro atoms. The maximum atomic E-state index is 10.9. The van der Waals surface area contributed by atoms with Gasteiger partial charge in [-0.15, -0.1) is 0 Å². The molecule has 23 heavy (non-hydrogen) atoms. The van der Waals surface area contributed by atoms with Crippen LogP contribution in [0, 0.1) is 0 Å². The van der Waals surface area contributed by atoms with Gasteiger partial charge in [-0.05, 0) is 36.8 Å². The number of hydrogen-bond donors (Lipinski definition) is 1. The van der Waals surface area contributed by atoms with Gasteiger partial charge in [-0.1, -0.05) is 18.2 Å². The minimum atomic E-state index is -0.843. The Morgan fingerprint density at radius 3 is 2.74 bits per heavy atom. The molecule has 1 aromatic heterocycles. The zero-order chi connectivity index (χ0) is 16.4. The summed E-state index contributed by atoms with van der Waals surface area (Å²) in [5, 5.41) is 8.95. The van der Waals surface area contributed by atoms with Crippen LogP contribution < -0.4 is 4.74 Å². The SMILES string of the molecule is CCn1c(-c2ccccc2OC)nc2cc(CC(=O)O)ccc21. The maximum absolute atomic E-state index is 10.9. The van der Waals surface area contributed by atoms with Crippen LogP contribution in [0.1, 0.15) is 12.5 Å². The molecule has 0 unspecified atom stereocenters. The second-order valence-corrected chi connectivity index (χ2v) is 5.27. The fourth-order valence-electron chi connectivity index (χ4n) is 2.82. The number of aliphatic carboxylic acids is 1. The number of hydrogen-bond acceptors (Lipinski definition) is 3. The first-order valence-corrected chi connectivity index (χ1v) is 7.48. The molecule has 0 bridgehead atoms. The molecule has 2 aromatic carbocycles. The van der Waals surface area contributed by atoms with Crippen LogP contribution in [0.15, 0.2) is 42.5 Å². The van der Waals surface area contributed by atoms with E-state index in [1.165, 1.54) is 0 Å². The van der Waals surface area contributed by atoms with Crippen molar-refractivity contribution in [3.05, 3.63) is 48.0 Å². The van der Waals surface area contributed by atoms with Crippen molar-refractivity contribution in [3.8, 4) is 17.1 Å². The fraction of sp³-hybridized carbons (Fsp3) is 0.222. The Bertz CT molecular complexity index is 868. The molecule has 0 saturated heterocycles. The van der Waals surface area contributed by atoms with E-state index in [0.29, 0.717) is 0 Å². The summed E-state index contributed by atoms with van der Waals surface area (Å²) >= 11 is 0. The fourth-order valence-corrected chi connectivity index (χ4v) is 2.82. The first kappa shape index (κ1) is 15.1. The number of ether oxygens (including phenoxy) is 1. The monoisotopic (exact) mass is 310 g/mol. The van der Waals surface area contributed by atoms with Gasteiger partial charge in [0.1, 0.15) is 11.6 Å². The van der Waals surface area contributed by atoms with Crippen LogP contribution in [0.25, 0.3) is 22.4 Å². The highest BCUT2D eigenvalue weighted by atomic mass is 16.5. The van der Waals surface area contributed by atoms with E-state index in [2.05, 4.69) is 11.5 Å². The standard InChI is InChI=1S/C18H18N2O3/c1-3-20-15-9-8-12(11-17(21)22)10-14(15)19-18(20)13-6-4-5-7-16(13)23-2/h4-10H,3,11H2,1-2H3,(H,21,22). The number of imidazole rings is 1. The number of carbonyl (C=O) groups is 1. The van der Waals surface area contributed by atoms with E-state index in [-0.39, 0.29) is 6.42 Å². The molecule has 5 nitrogen and oxygen atoms in total. The molecule has 0 amide bonds. The van der Waals surface area contributed by atoms with Gasteiger partial charge in [-0.25, -0.2) is 4.98 Å². The summed E-state index contributed by atoms with van der Waals surface area (Å²) < 4.78 is 7.55. The number of nitrogens with zero attached hydrogens (tertiary/aromatic N) is 2. The second-order valence-electron chi connectivity index (χ2n) is 5.27. The molecule has 3 rings (SSSR count). The van der Waals surface area contributed by atoms with Gasteiger partial charge in [0.15, 0.2) is 0 Å². The smallest absolute Gasteiger partial charge is 0.307 e.